The first-order chi connectivity index (χ1) is 11.7. The molecule has 0 radical (unpaired) electrons. The van der Waals surface area contributed by atoms with Crippen molar-refractivity contribution in [1.82, 2.24) is 15.8 Å². The molecule has 1 aromatic rings. The van der Waals surface area contributed by atoms with Gasteiger partial charge in [0.15, 0.2) is 6.61 Å². The zero-order valence-electron chi connectivity index (χ0n) is 15.3. The highest BCUT2D eigenvalue weighted by Gasteiger charge is 2.29. The van der Waals surface area contributed by atoms with Gasteiger partial charge in [-0.15, -0.1) is 0 Å². The standard InChI is InChI=1S/C17H27N3O5/c1-11-8-15(20-25-11)23-10-14(21)19-13-7-5-6-12(13)9-18-16(22)24-17(2,3)4/h8,12-13H,5-7,9-10H2,1-4H3,(H,18,22)(H,19,21)/t12-,13+/m1/s1. The van der Waals surface area contributed by atoms with Crippen molar-refractivity contribution in [2.45, 2.75) is 58.6 Å². The summed E-state index contributed by atoms with van der Waals surface area (Å²) in [5.74, 6) is 0.891. The minimum Gasteiger partial charge on any atom is -0.465 e. The second kappa shape index (κ2) is 8.22. The number of nitrogens with zero attached hydrogens (tertiary/aromatic N) is 1. The molecular formula is C17H27N3O5. The smallest absolute Gasteiger partial charge is 0.407 e. The number of amides is 2. The van der Waals surface area contributed by atoms with Crippen molar-refractivity contribution in [3.8, 4) is 5.88 Å². The summed E-state index contributed by atoms with van der Waals surface area (Å²) in [5, 5.41) is 9.42. The van der Waals surface area contributed by atoms with E-state index in [-0.39, 0.29) is 24.5 Å². The first kappa shape index (κ1) is 19.1. The second-order valence-electron chi connectivity index (χ2n) is 7.31. The number of ether oxygens (including phenoxy) is 2. The molecule has 1 aromatic heterocycles. The molecule has 140 valence electrons. The number of aromatic nitrogens is 1. The van der Waals surface area contributed by atoms with E-state index < -0.39 is 11.7 Å². The molecule has 1 heterocycles. The number of hydrogen-bond acceptors (Lipinski definition) is 6. The maximum absolute atomic E-state index is 12.0. The molecule has 0 aliphatic heterocycles. The van der Waals surface area contributed by atoms with Gasteiger partial charge in [0.25, 0.3) is 11.8 Å². The number of carbonyl (C=O) groups is 2. The van der Waals surface area contributed by atoms with Crippen LogP contribution in [-0.4, -0.2) is 42.0 Å². The Hall–Kier alpha value is -2.25. The van der Waals surface area contributed by atoms with Crippen molar-refractivity contribution in [1.29, 1.82) is 0 Å². The number of aryl methyl sites for hydroxylation is 1. The summed E-state index contributed by atoms with van der Waals surface area (Å²) in [6, 6.07) is 1.64. The Labute approximate surface area is 147 Å². The molecule has 0 spiro atoms. The Balaban J connectivity index is 1.73. The fourth-order valence-electron chi connectivity index (χ4n) is 2.80. The topological polar surface area (TPSA) is 103 Å². The van der Waals surface area contributed by atoms with Gasteiger partial charge in [-0.25, -0.2) is 4.79 Å². The van der Waals surface area contributed by atoms with Crippen LogP contribution in [0.3, 0.4) is 0 Å². The average molecular weight is 353 g/mol. The monoisotopic (exact) mass is 353 g/mol. The van der Waals surface area contributed by atoms with E-state index in [0.717, 1.165) is 19.3 Å². The van der Waals surface area contributed by atoms with Crippen molar-refractivity contribution in [2.75, 3.05) is 13.2 Å². The molecule has 0 unspecified atom stereocenters. The molecule has 1 fully saturated rings. The minimum atomic E-state index is -0.524. The van der Waals surface area contributed by atoms with Gasteiger partial charge in [0.1, 0.15) is 11.4 Å². The number of carbonyl (C=O) groups excluding carboxylic acids is 2. The van der Waals surface area contributed by atoms with E-state index in [1.807, 2.05) is 20.8 Å². The van der Waals surface area contributed by atoms with Crippen molar-refractivity contribution in [2.24, 2.45) is 5.92 Å². The molecule has 2 atom stereocenters. The van der Waals surface area contributed by atoms with Crippen LogP contribution in [0.15, 0.2) is 10.6 Å². The fraction of sp³-hybridized carbons (Fsp3) is 0.706. The molecule has 0 aromatic carbocycles. The van der Waals surface area contributed by atoms with Gasteiger partial charge in [-0.1, -0.05) is 6.42 Å². The van der Waals surface area contributed by atoms with Crippen LogP contribution in [-0.2, 0) is 9.53 Å². The third-order valence-electron chi connectivity index (χ3n) is 3.87. The SMILES string of the molecule is Cc1cc(OCC(=O)N[C@H]2CCC[C@@H]2CNC(=O)OC(C)(C)C)no1. The molecule has 2 amide bonds. The second-order valence-corrected chi connectivity index (χ2v) is 7.31. The summed E-state index contributed by atoms with van der Waals surface area (Å²) in [5.41, 5.74) is -0.524. The predicted octanol–water partition coefficient (Wildman–Crippen LogP) is 2.17. The minimum absolute atomic E-state index is 0.0186. The van der Waals surface area contributed by atoms with Crippen LogP contribution in [0.1, 0.15) is 45.8 Å². The lowest BCUT2D eigenvalue weighted by atomic mass is 10.0. The maximum atomic E-state index is 12.0. The average Bonchev–Trinajstić information content (AvgIpc) is 3.10. The van der Waals surface area contributed by atoms with E-state index in [4.69, 9.17) is 14.0 Å². The van der Waals surface area contributed by atoms with Gasteiger partial charge in [0.2, 0.25) is 0 Å². The van der Waals surface area contributed by atoms with Gasteiger partial charge in [0, 0.05) is 18.7 Å². The largest absolute Gasteiger partial charge is 0.465 e. The van der Waals surface area contributed by atoms with Gasteiger partial charge in [0.05, 0.1) is 0 Å². The van der Waals surface area contributed by atoms with E-state index in [0.29, 0.717) is 18.2 Å². The Kier molecular flexibility index (Phi) is 6.27. The molecule has 1 saturated carbocycles. The summed E-state index contributed by atoms with van der Waals surface area (Å²) in [4.78, 5) is 23.8. The van der Waals surface area contributed by atoms with E-state index in [1.54, 1.807) is 13.0 Å². The number of rotatable bonds is 6. The summed E-state index contributed by atoms with van der Waals surface area (Å²) in [6.07, 6.45) is 2.41. The van der Waals surface area contributed by atoms with Gasteiger partial charge >= 0.3 is 6.09 Å². The lowest BCUT2D eigenvalue weighted by Crippen LogP contribution is -2.44. The number of alkyl carbamates (subject to hydrolysis) is 1. The van der Waals surface area contributed by atoms with Crippen LogP contribution in [0.25, 0.3) is 0 Å². The molecule has 0 saturated heterocycles. The predicted molar refractivity (Wildman–Crippen MR) is 90.2 cm³/mol. The van der Waals surface area contributed by atoms with E-state index in [9.17, 15) is 9.59 Å². The Bertz CT molecular complexity index is 593. The van der Waals surface area contributed by atoms with E-state index in [2.05, 4.69) is 15.8 Å². The van der Waals surface area contributed by atoms with Crippen molar-refractivity contribution < 1.29 is 23.6 Å². The van der Waals surface area contributed by atoms with Crippen LogP contribution < -0.4 is 15.4 Å². The maximum Gasteiger partial charge on any atom is 0.407 e. The Morgan fingerprint density at radius 1 is 1.36 bits per heavy atom. The van der Waals surface area contributed by atoms with Gasteiger partial charge in [-0.05, 0) is 51.6 Å². The van der Waals surface area contributed by atoms with Gasteiger partial charge < -0.3 is 24.6 Å². The van der Waals surface area contributed by atoms with Crippen LogP contribution >= 0.6 is 0 Å². The lowest BCUT2D eigenvalue weighted by molar-refractivity contribution is -0.124. The summed E-state index contributed by atoms with van der Waals surface area (Å²) >= 11 is 0. The molecule has 25 heavy (non-hydrogen) atoms. The summed E-state index contributed by atoms with van der Waals surface area (Å²) in [7, 11) is 0. The highest BCUT2D eigenvalue weighted by atomic mass is 16.6. The zero-order valence-corrected chi connectivity index (χ0v) is 15.3. The molecule has 2 N–H and O–H groups in total. The molecule has 2 rings (SSSR count). The van der Waals surface area contributed by atoms with Crippen LogP contribution in [0.5, 0.6) is 5.88 Å². The molecule has 1 aliphatic rings. The summed E-state index contributed by atoms with van der Waals surface area (Å²) < 4.78 is 15.4. The normalized spacial score (nSPS) is 20.2. The first-order valence-electron chi connectivity index (χ1n) is 8.55. The fourth-order valence-corrected chi connectivity index (χ4v) is 2.80. The molecule has 0 bridgehead atoms. The Morgan fingerprint density at radius 3 is 2.76 bits per heavy atom. The molecule has 8 nitrogen and oxygen atoms in total. The highest BCUT2D eigenvalue weighted by Crippen LogP contribution is 2.25. The van der Waals surface area contributed by atoms with E-state index >= 15 is 0 Å². The third-order valence-corrected chi connectivity index (χ3v) is 3.87. The number of hydrogen-bond donors (Lipinski definition) is 2. The Morgan fingerprint density at radius 2 is 2.12 bits per heavy atom. The van der Waals surface area contributed by atoms with Crippen LogP contribution in [0.4, 0.5) is 4.79 Å². The molecule has 1 aliphatic carbocycles. The third kappa shape index (κ3) is 6.64. The molecular weight excluding hydrogens is 326 g/mol. The van der Waals surface area contributed by atoms with Gasteiger partial charge in [-0.2, -0.15) is 0 Å². The van der Waals surface area contributed by atoms with Crippen LogP contribution in [0, 0.1) is 12.8 Å². The zero-order chi connectivity index (χ0) is 18.4. The molecule has 8 heteroatoms. The number of nitrogens with one attached hydrogen (secondary N) is 2. The van der Waals surface area contributed by atoms with Crippen molar-refractivity contribution >= 4 is 12.0 Å². The first-order valence-corrected chi connectivity index (χ1v) is 8.55. The quantitative estimate of drug-likeness (QED) is 0.812. The van der Waals surface area contributed by atoms with Gasteiger partial charge in [-0.3, -0.25) is 4.79 Å². The van der Waals surface area contributed by atoms with E-state index in [1.165, 1.54) is 0 Å². The lowest BCUT2D eigenvalue weighted by Gasteiger charge is -2.23. The highest BCUT2D eigenvalue weighted by molar-refractivity contribution is 5.77. The summed E-state index contributed by atoms with van der Waals surface area (Å²) in [6.45, 7) is 7.57. The van der Waals surface area contributed by atoms with Crippen LogP contribution in [0.2, 0.25) is 0 Å². The van der Waals surface area contributed by atoms with Crippen molar-refractivity contribution in [3.63, 3.8) is 0 Å². The van der Waals surface area contributed by atoms with Crippen molar-refractivity contribution in [3.05, 3.63) is 11.8 Å².